The Hall–Kier alpha value is -3.62. The van der Waals surface area contributed by atoms with Gasteiger partial charge in [-0.25, -0.2) is 4.79 Å². The summed E-state index contributed by atoms with van der Waals surface area (Å²) in [6.45, 7) is 3.22. The first-order valence-electron chi connectivity index (χ1n) is 8.25. The molecule has 0 bridgehead atoms. The fourth-order valence-corrected chi connectivity index (χ4v) is 2.37. The summed E-state index contributed by atoms with van der Waals surface area (Å²) in [5.74, 6) is -0.605. The normalized spacial score (nSPS) is 11.3. The van der Waals surface area contributed by atoms with Crippen molar-refractivity contribution in [3.63, 3.8) is 0 Å². The molecule has 2 rings (SSSR count). The number of amides is 1. The summed E-state index contributed by atoms with van der Waals surface area (Å²) in [7, 11) is 2.85. The Morgan fingerprint density at radius 1 is 1.07 bits per heavy atom. The number of ether oxygens (including phenoxy) is 3. The van der Waals surface area contributed by atoms with Crippen molar-refractivity contribution in [1.82, 2.24) is 0 Å². The maximum atomic E-state index is 12.4. The molecular formula is C19H20N2O7. The van der Waals surface area contributed by atoms with Gasteiger partial charge in [0.1, 0.15) is 11.5 Å². The van der Waals surface area contributed by atoms with Crippen LogP contribution in [-0.4, -0.2) is 37.1 Å². The van der Waals surface area contributed by atoms with E-state index in [9.17, 15) is 19.7 Å². The highest BCUT2D eigenvalue weighted by Gasteiger charge is 2.22. The third-order valence-electron chi connectivity index (χ3n) is 3.95. The lowest BCUT2D eigenvalue weighted by Crippen LogP contribution is -2.30. The molecule has 9 heteroatoms. The van der Waals surface area contributed by atoms with E-state index in [0.717, 1.165) is 11.6 Å². The first kappa shape index (κ1) is 20.7. The maximum absolute atomic E-state index is 12.4. The second-order valence-electron chi connectivity index (χ2n) is 5.86. The second kappa shape index (κ2) is 8.85. The van der Waals surface area contributed by atoms with Crippen LogP contribution in [0.3, 0.4) is 0 Å². The van der Waals surface area contributed by atoms with Crippen molar-refractivity contribution >= 4 is 23.3 Å². The molecular weight excluding hydrogens is 368 g/mol. The molecule has 148 valence electrons. The lowest BCUT2D eigenvalue weighted by atomic mass is 10.1. The summed E-state index contributed by atoms with van der Waals surface area (Å²) in [5.41, 5.74) is 0.965. The van der Waals surface area contributed by atoms with Crippen LogP contribution in [0.4, 0.5) is 11.4 Å². The summed E-state index contributed by atoms with van der Waals surface area (Å²) in [6, 6.07) is 8.57. The van der Waals surface area contributed by atoms with Crippen molar-refractivity contribution in [2.24, 2.45) is 0 Å². The van der Waals surface area contributed by atoms with Gasteiger partial charge in [-0.2, -0.15) is 0 Å². The Kier molecular flexibility index (Phi) is 6.54. The van der Waals surface area contributed by atoms with Crippen molar-refractivity contribution in [2.75, 3.05) is 19.5 Å². The molecule has 0 aliphatic heterocycles. The van der Waals surface area contributed by atoms with E-state index in [4.69, 9.17) is 14.2 Å². The zero-order valence-corrected chi connectivity index (χ0v) is 15.8. The van der Waals surface area contributed by atoms with E-state index in [1.165, 1.54) is 39.3 Å². The number of carbonyl (C=O) groups excluding carboxylic acids is 2. The minimum absolute atomic E-state index is 0.0987. The second-order valence-corrected chi connectivity index (χ2v) is 5.86. The summed E-state index contributed by atoms with van der Waals surface area (Å²) in [4.78, 5) is 35.0. The first-order chi connectivity index (χ1) is 13.3. The van der Waals surface area contributed by atoms with Gasteiger partial charge in [0.05, 0.1) is 30.4 Å². The van der Waals surface area contributed by atoms with Crippen molar-refractivity contribution < 1.29 is 28.7 Å². The van der Waals surface area contributed by atoms with Gasteiger partial charge >= 0.3 is 5.97 Å². The van der Waals surface area contributed by atoms with Crippen LogP contribution >= 0.6 is 0 Å². The molecule has 28 heavy (non-hydrogen) atoms. The highest BCUT2D eigenvalue weighted by Crippen LogP contribution is 2.29. The van der Waals surface area contributed by atoms with Crippen molar-refractivity contribution in [1.29, 1.82) is 0 Å². The van der Waals surface area contributed by atoms with Crippen molar-refractivity contribution in [3.05, 3.63) is 57.6 Å². The number of non-ortho nitro benzene ring substituents is 1. The summed E-state index contributed by atoms with van der Waals surface area (Å²) < 4.78 is 15.4. The number of nitrogens with zero attached hydrogens (tertiary/aromatic N) is 1. The van der Waals surface area contributed by atoms with Gasteiger partial charge in [0.15, 0.2) is 6.10 Å². The summed E-state index contributed by atoms with van der Waals surface area (Å²) >= 11 is 0. The predicted molar refractivity (Wildman–Crippen MR) is 101 cm³/mol. The van der Waals surface area contributed by atoms with Crippen molar-refractivity contribution in [2.45, 2.75) is 20.0 Å². The van der Waals surface area contributed by atoms with Crippen LogP contribution in [0, 0.1) is 17.0 Å². The first-order valence-corrected chi connectivity index (χ1v) is 8.25. The van der Waals surface area contributed by atoms with Gasteiger partial charge in [0, 0.05) is 12.1 Å². The highest BCUT2D eigenvalue weighted by atomic mass is 16.6. The molecule has 0 aliphatic rings. The molecule has 1 amide bonds. The molecule has 0 radical (unpaired) electrons. The van der Waals surface area contributed by atoms with Crippen LogP contribution in [-0.2, 0) is 9.53 Å². The van der Waals surface area contributed by atoms with Crippen LogP contribution in [0.2, 0.25) is 0 Å². The number of hydrogen-bond acceptors (Lipinski definition) is 7. The fraction of sp³-hybridized carbons (Fsp3) is 0.263. The number of anilines is 1. The van der Waals surface area contributed by atoms with Gasteiger partial charge in [0.2, 0.25) is 0 Å². The molecule has 0 fully saturated rings. The number of aryl methyl sites for hydroxylation is 1. The largest absolute Gasteiger partial charge is 0.496 e. The molecule has 0 aromatic heterocycles. The lowest BCUT2D eigenvalue weighted by molar-refractivity contribution is -0.384. The van der Waals surface area contributed by atoms with E-state index < -0.39 is 22.9 Å². The minimum atomic E-state index is -1.15. The monoisotopic (exact) mass is 388 g/mol. The number of nitrogens with one attached hydrogen (secondary N) is 1. The van der Waals surface area contributed by atoms with Gasteiger partial charge in [-0.3, -0.25) is 14.9 Å². The Labute approximate surface area is 161 Å². The molecule has 1 atom stereocenters. The molecule has 0 heterocycles. The average molecular weight is 388 g/mol. The molecule has 0 unspecified atom stereocenters. The summed E-state index contributed by atoms with van der Waals surface area (Å²) in [5, 5.41) is 13.4. The third-order valence-corrected chi connectivity index (χ3v) is 3.95. The zero-order chi connectivity index (χ0) is 20.8. The van der Waals surface area contributed by atoms with Gasteiger partial charge in [0.25, 0.3) is 11.6 Å². The number of nitro benzene ring substituents is 1. The molecule has 0 saturated heterocycles. The molecule has 0 aliphatic carbocycles. The van der Waals surface area contributed by atoms with Crippen LogP contribution in [0.1, 0.15) is 22.8 Å². The molecule has 2 aromatic carbocycles. The number of hydrogen-bond donors (Lipinski definition) is 1. The average Bonchev–Trinajstić information content (AvgIpc) is 2.67. The Morgan fingerprint density at radius 2 is 1.75 bits per heavy atom. The SMILES string of the molecule is COc1cc(C(=O)O[C@@H](C)C(=O)Nc2cc([N+](=O)[O-])ccc2OC)ccc1C. The Balaban J connectivity index is 2.12. The van der Waals surface area contributed by atoms with Crippen molar-refractivity contribution in [3.8, 4) is 11.5 Å². The van der Waals surface area contributed by atoms with E-state index in [1.54, 1.807) is 12.1 Å². The highest BCUT2D eigenvalue weighted by molar-refractivity contribution is 5.98. The third kappa shape index (κ3) is 4.76. The van der Waals surface area contributed by atoms with Crippen LogP contribution < -0.4 is 14.8 Å². The van der Waals surface area contributed by atoms with Gasteiger partial charge in [-0.1, -0.05) is 6.07 Å². The zero-order valence-electron chi connectivity index (χ0n) is 15.8. The number of rotatable bonds is 7. The number of carbonyl (C=O) groups is 2. The Morgan fingerprint density at radius 3 is 2.36 bits per heavy atom. The summed E-state index contributed by atoms with van der Waals surface area (Å²) in [6.07, 6.45) is -1.15. The molecule has 2 aromatic rings. The van der Waals surface area contributed by atoms with Gasteiger partial charge < -0.3 is 19.5 Å². The molecule has 0 saturated carbocycles. The quantitative estimate of drug-likeness (QED) is 0.440. The topological polar surface area (TPSA) is 117 Å². The van der Waals surface area contributed by atoms with E-state index in [1.807, 2.05) is 6.92 Å². The number of nitro groups is 1. The van der Waals surface area contributed by atoms with E-state index in [0.29, 0.717) is 5.75 Å². The van der Waals surface area contributed by atoms with E-state index >= 15 is 0 Å². The van der Waals surface area contributed by atoms with Crippen LogP contribution in [0.25, 0.3) is 0 Å². The number of benzene rings is 2. The van der Waals surface area contributed by atoms with E-state index in [-0.39, 0.29) is 22.7 Å². The molecule has 9 nitrogen and oxygen atoms in total. The molecule has 1 N–H and O–H groups in total. The lowest BCUT2D eigenvalue weighted by Gasteiger charge is -2.15. The van der Waals surface area contributed by atoms with Gasteiger partial charge in [-0.15, -0.1) is 0 Å². The minimum Gasteiger partial charge on any atom is -0.496 e. The van der Waals surface area contributed by atoms with Crippen LogP contribution in [0.5, 0.6) is 11.5 Å². The predicted octanol–water partition coefficient (Wildman–Crippen LogP) is 3.10. The van der Waals surface area contributed by atoms with Gasteiger partial charge in [-0.05, 0) is 37.6 Å². The smallest absolute Gasteiger partial charge is 0.339 e. The van der Waals surface area contributed by atoms with Crippen LogP contribution in [0.15, 0.2) is 36.4 Å². The fourth-order valence-electron chi connectivity index (χ4n) is 2.37. The van der Waals surface area contributed by atoms with E-state index in [2.05, 4.69) is 5.32 Å². The standard InChI is InChI=1S/C19H20N2O7/c1-11-5-6-13(9-17(11)27-4)19(23)28-12(2)18(22)20-15-10-14(21(24)25)7-8-16(15)26-3/h5-10,12H,1-4H3,(H,20,22)/t12-/m0/s1. The Bertz CT molecular complexity index is 911. The molecule has 0 spiro atoms. The number of methoxy groups -OCH3 is 2. The maximum Gasteiger partial charge on any atom is 0.339 e. The number of esters is 1.